The second-order valence-electron chi connectivity index (χ2n) is 4.78. The maximum atomic E-state index is 12.3. The summed E-state index contributed by atoms with van der Waals surface area (Å²) in [6, 6.07) is 7.93. The third kappa shape index (κ3) is 5.68. The Bertz CT molecular complexity index is 781. The van der Waals surface area contributed by atoms with Gasteiger partial charge in [-0.3, -0.25) is 4.79 Å². The van der Waals surface area contributed by atoms with Gasteiger partial charge in [0.2, 0.25) is 5.88 Å². The number of ether oxygens (including phenoxy) is 1. The molecular formula is C15H13F3N4O3. The van der Waals surface area contributed by atoms with Gasteiger partial charge in [0, 0.05) is 17.6 Å². The van der Waals surface area contributed by atoms with E-state index >= 15 is 0 Å². The van der Waals surface area contributed by atoms with Gasteiger partial charge in [-0.2, -0.15) is 13.2 Å². The number of aromatic nitrogens is 1. The number of hydrogen-bond donors (Lipinski definition) is 3. The normalized spacial score (nSPS) is 10.8. The minimum absolute atomic E-state index is 0.167. The smallest absolute Gasteiger partial charge is 0.422 e. The number of benzene rings is 1. The van der Waals surface area contributed by atoms with Gasteiger partial charge in [0.15, 0.2) is 6.61 Å². The SMILES string of the molecule is NC(=O)Nc1cccc(NC(=O)c2cccnc2OCC(F)(F)F)c1. The van der Waals surface area contributed by atoms with Crippen molar-refractivity contribution in [3.63, 3.8) is 0 Å². The predicted octanol–water partition coefficient (Wildman–Crippen LogP) is 2.77. The molecule has 1 heterocycles. The Kier molecular flexibility index (Phi) is 5.42. The van der Waals surface area contributed by atoms with Crippen LogP contribution in [-0.4, -0.2) is 29.7 Å². The van der Waals surface area contributed by atoms with E-state index in [1.54, 1.807) is 12.1 Å². The van der Waals surface area contributed by atoms with Crippen LogP contribution in [0.1, 0.15) is 10.4 Å². The maximum Gasteiger partial charge on any atom is 0.422 e. The first-order valence-corrected chi connectivity index (χ1v) is 6.87. The average Bonchev–Trinajstić information content (AvgIpc) is 2.52. The molecule has 1 aromatic heterocycles. The quantitative estimate of drug-likeness (QED) is 0.767. The summed E-state index contributed by atoms with van der Waals surface area (Å²) in [6.07, 6.45) is -3.35. The molecule has 0 aliphatic carbocycles. The molecule has 3 amide bonds. The highest BCUT2D eigenvalue weighted by Gasteiger charge is 2.29. The first-order valence-electron chi connectivity index (χ1n) is 6.87. The lowest BCUT2D eigenvalue weighted by atomic mass is 10.2. The summed E-state index contributed by atoms with van der Waals surface area (Å²) >= 11 is 0. The van der Waals surface area contributed by atoms with Crippen molar-refractivity contribution >= 4 is 23.3 Å². The van der Waals surface area contributed by atoms with Crippen LogP contribution >= 0.6 is 0 Å². The number of urea groups is 1. The molecule has 7 nitrogen and oxygen atoms in total. The van der Waals surface area contributed by atoms with Gasteiger partial charge in [-0.25, -0.2) is 9.78 Å². The second kappa shape index (κ2) is 7.51. The summed E-state index contributed by atoms with van der Waals surface area (Å²) in [4.78, 5) is 26.7. The van der Waals surface area contributed by atoms with E-state index in [4.69, 9.17) is 5.73 Å². The number of nitrogens with two attached hydrogens (primary N) is 1. The molecule has 0 spiro atoms. The third-order valence-corrected chi connectivity index (χ3v) is 2.78. The number of alkyl halides is 3. The molecule has 0 unspecified atom stereocenters. The number of halogens is 3. The second-order valence-corrected chi connectivity index (χ2v) is 4.78. The fraction of sp³-hybridized carbons (Fsp3) is 0.133. The van der Waals surface area contributed by atoms with E-state index in [1.807, 2.05) is 0 Å². The first-order chi connectivity index (χ1) is 11.7. The molecule has 0 aliphatic rings. The largest absolute Gasteiger partial charge is 0.467 e. The zero-order valence-corrected chi connectivity index (χ0v) is 12.6. The Balaban J connectivity index is 2.14. The van der Waals surface area contributed by atoms with Crippen LogP contribution in [0.5, 0.6) is 5.88 Å². The predicted molar refractivity (Wildman–Crippen MR) is 83.4 cm³/mol. The molecule has 25 heavy (non-hydrogen) atoms. The van der Waals surface area contributed by atoms with Crippen LogP contribution in [0.25, 0.3) is 0 Å². The van der Waals surface area contributed by atoms with Crippen LogP contribution in [-0.2, 0) is 0 Å². The van der Waals surface area contributed by atoms with E-state index in [-0.39, 0.29) is 5.56 Å². The van der Waals surface area contributed by atoms with Gasteiger partial charge in [0.05, 0.1) is 0 Å². The molecule has 4 N–H and O–H groups in total. The van der Waals surface area contributed by atoms with Gasteiger partial charge in [0.1, 0.15) is 5.56 Å². The number of primary amides is 1. The first kappa shape index (κ1) is 18.0. The number of carbonyl (C=O) groups excluding carboxylic acids is 2. The zero-order chi connectivity index (χ0) is 18.4. The minimum Gasteiger partial charge on any atom is -0.467 e. The molecule has 0 bridgehead atoms. The number of hydrogen-bond acceptors (Lipinski definition) is 4. The number of amides is 3. The summed E-state index contributed by atoms with van der Waals surface area (Å²) in [5, 5.41) is 4.81. The summed E-state index contributed by atoms with van der Waals surface area (Å²) < 4.78 is 41.4. The molecule has 0 aliphatic heterocycles. The monoisotopic (exact) mass is 354 g/mol. The molecule has 0 atom stereocenters. The van der Waals surface area contributed by atoms with Gasteiger partial charge in [-0.05, 0) is 30.3 Å². The Hall–Kier alpha value is -3.30. The fourth-order valence-electron chi connectivity index (χ4n) is 1.84. The lowest BCUT2D eigenvalue weighted by Gasteiger charge is -2.12. The van der Waals surface area contributed by atoms with Crippen molar-refractivity contribution in [2.45, 2.75) is 6.18 Å². The van der Waals surface area contributed by atoms with Crippen LogP contribution < -0.4 is 21.1 Å². The van der Waals surface area contributed by atoms with Crippen LogP contribution in [0.15, 0.2) is 42.6 Å². The highest BCUT2D eigenvalue weighted by molar-refractivity contribution is 6.06. The Labute approximate surface area is 140 Å². The van der Waals surface area contributed by atoms with Crippen LogP contribution in [0.2, 0.25) is 0 Å². The summed E-state index contributed by atoms with van der Waals surface area (Å²) in [5.74, 6) is -1.16. The van der Waals surface area contributed by atoms with Crippen molar-refractivity contribution in [1.29, 1.82) is 0 Å². The Morgan fingerprint density at radius 2 is 1.80 bits per heavy atom. The average molecular weight is 354 g/mol. The molecule has 0 saturated carbocycles. The van der Waals surface area contributed by atoms with E-state index in [0.29, 0.717) is 11.4 Å². The molecular weight excluding hydrogens is 341 g/mol. The lowest BCUT2D eigenvalue weighted by molar-refractivity contribution is -0.154. The molecule has 1 aromatic carbocycles. The van der Waals surface area contributed by atoms with Gasteiger partial charge in [-0.1, -0.05) is 6.07 Å². The standard InChI is InChI=1S/C15H13F3N4O3/c16-15(17,18)8-25-13-11(5-2-6-20-13)12(23)21-9-3-1-4-10(7-9)22-14(19)24/h1-7H,8H2,(H,21,23)(H3,19,22,24). The van der Waals surface area contributed by atoms with Crippen molar-refractivity contribution in [3.05, 3.63) is 48.2 Å². The Morgan fingerprint density at radius 3 is 2.44 bits per heavy atom. The van der Waals surface area contributed by atoms with Crippen molar-refractivity contribution in [1.82, 2.24) is 4.98 Å². The third-order valence-electron chi connectivity index (χ3n) is 2.78. The van der Waals surface area contributed by atoms with Gasteiger partial charge in [0.25, 0.3) is 5.91 Å². The summed E-state index contributed by atoms with van der Waals surface area (Å²) in [7, 11) is 0. The number of anilines is 2. The van der Waals surface area contributed by atoms with Crippen molar-refractivity contribution < 1.29 is 27.5 Å². The summed E-state index contributed by atoms with van der Waals surface area (Å²) in [6.45, 7) is -1.57. The number of nitrogens with zero attached hydrogens (tertiary/aromatic N) is 1. The van der Waals surface area contributed by atoms with E-state index in [2.05, 4.69) is 20.4 Å². The number of rotatable bonds is 5. The molecule has 132 valence electrons. The molecule has 2 aromatic rings. The van der Waals surface area contributed by atoms with Crippen molar-refractivity contribution in [2.24, 2.45) is 5.73 Å². The zero-order valence-electron chi connectivity index (χ0n) is 12.6. The number of carbonyl (C=O) groups is 2. The van der Waals surface area contributed by atoms with E-state index in [9.17, 15) is 22.8 Å². The highest BCUT2D eigenvalue weighted by Crippen LogP contribution is 2.22. The molecule has 0 saturated heterocycles. The van der Waals surface area contributed by atoms with E-state index in [0.717, 1.165) is 0 Å². The van der Waals surface area contributed by atoms with Gasteiger partial charge in [-0.15, -0.1) is 0 Å². The van der Waals surface area contributed by atoms with E-state index in [1.165, 1.54) is 30.5 Å². The lowest BCUT2D eigenvalue weighted by Crippen LogP contribution is -2.22. The number of nitrogens with one attached hydrogen (secondary N) is 2. The van der Waals surface area contributed by atoms with Crippen LogP contribution in [0, 0.1) is 0 Å². The number of pyridine rings is 1. The topological polar surface area (TPSA) is 106 Å². The van der Waals surface area contributed by atoms with Gasteiger partial charge >= 0.3 is 12.2 Å². The molecule has 2 rings (SSSR count). The van der Waals surface area contributed by atoms with Crippen LogP contribution in [0.3, 0.4) is 0 Å². The van der Waals surface area contributed by atoms with Crippen LogP contribution in [0.4, 0.5) is 29.3 Å². The highest BCUT2D eigenvalue weighted by atomic mass is 19.4. The van der Waals surface area contributed by atoms with Gasteiger partial charge < -0.3 is 21.1 Å². The molecule has 0 fully saturated rings. The van der Waals surface area contributed by atoms with Crippen molar-refractivity contribution in [2.75, 3.05) is 17.2 Å². The molecule has 0 radical (unpaired) electrons. The maximum absolute atomic E-state index is 12.3. The minimum atomic E-state index is -4.56. The summed E-state index contributed by atoms with van der Waals surface area (Å²) in [5.41, 5.74) is 5.47. The Morgan fingerprint density at radius 1 is 1.12 bits per heavy atom. The van der Waals surface area contributed by atoms with E-state index < -0.39 is 30.6 Å². The fourth-order valence-corrected chi connectivity index (χ4v) is 1.84. The molecule has 10 heteroatoms. The van der Waals surface area contributed by atoms with Crippen molar-refractivity contribution in [3.8, 4) is 5.88 Å².